The molecule has 0 saturated carbocycles. The van der Waals surface area contributed by atoms with E-state index in [1.165, 1.54) is 0 Å². The van der Waals surface area contributed by atoms with Gasteiger partial charge in [-0.1, -0.05) is 91.0 Å². The van der Waals surface area contributed by atoms with E-state index in [4.69, 9.17) is 9.84 Å². The number of rotatable bonds is 5. The van der Waals surface area contributed by atoms with E-state index < -0.39 is 17.3 Å². The lowest BCUT2D eigenvalue weighted by atomic mass is 9.65. The maximum absolute atomic E-state index is 15.7. The van der Waals surface area contributed by atoms with Crippen LogP contribution in [0.3, 0.4) is 0 Å². The van der Waals surface area contributed by atoms with Gasteiger partial charge in [0.05, 0.1) is 35.0 Å². The van der Waals surface area contributed by atoms with Gasteiger partial charge in [0.1, 0.15) is 11.2 Å². The number of carbonyl (C=O) groups excluding carboxylic acids is 3. The number of anilines is 2. The predicted molar refractivity (Wildman–Crippen MR) is 175 cm³/mol. The van der Waals surface area contributed by atoms with E-state index in [2.05, 4.69) is 5.32 Å². The van der Waals surface area contributed by atoms with Gasteiger partial charge in [-0.15, -0.1) is 0 Å². The third-order valence-electron chi connectivity index (χ3n) is 8.87. The first-order chi connectivity index (χ1) is 22.5. The highest BCUT2D eigenvalue weighted by atomic mass is 16.5. The number of nitrogens with zero attached hydrogens (tertiary/aromatic N) is 3. The Balaban J connectivity index is 1.56. The Hall–Kier alpha value is -6.02. The predicted octanol–water partition coefficient (Wildman–Crippen LogP) is 6.47. The molecule has 1 N–H and O–H groups in total. The summed E-state index contributed by atoms with van der Waals surface area (Å²) in [6.45, 7) is 3.61. The van der Waals surface area contributed by atoms with Gasteiger partial charge in [0.2, 0.25) is 0 Å². The third-order valence-corrected chi connectivity index (χ3v) is 8.87. The van der Waals surface area contributed by atoms with Crippen molar-refractivity contribution < 1.29 is 19.1 Å². The van der Waals surface area contributed by atoms with Crippen LogP contribution in [0.15, 0.2) is 126 Å². The van der Waals surface area contributed by atoms with Gasteiger partial charge in [-0.3, -0.25) is 14.5 Å². The fraction of sp³-hybridized carbons (Fsp3) is 0.105. The zero-order valence-electron chi connectivity index (χ0n) is 25.2. The van der Waals surface area contributed by atoms with E-state index in [9.17, 15) is 9.59 Å². The van der Waals surface area contributed by atoms with Crippen molar-refractivity contribution in [1.82, 2.24) is 9.78 Å². The van der Waals surface area contributed by atoms with Crippen LogP contribution in [-0.4, -0.2) is 34.0 Å². The van der Waals surface area contributed by atoms with Gasteiger partial charge in [-0.05, 0) is 43.7 Å². The molecule has 0 saturated heterocycles. The number of esters is 1. The first-order valence-electron chi connectivity index (χ1n) is 15.2. The summed E-state index contributed by atoms with van der Waals surface area (Å²) in [5, 5.41) is 8.45. The molecule has 0 fully saturated rings. The van der Waals surface area contributed by atoms with Gasteiger partial charge >= 0.3 is 5.97 Å². The summed E-state index contributed by atoms with van der Waals surface area (Å²) in [6.07, 6.45) is 0. The molecule has 46 heavy (non-hydrogen) atoms. The number of ketones is 1. The molecule has 5 aromatic rings. The molecular formula is C38H28N4O4. The van der Waals surface area contributed by atoms with Crippen molar-refractivity contribution >= 4 is 40.6 Å². The van der Waals surface area contributed by atoms with E-state index in [-0.39, 0.29) is 23.5 Å². The first-order valence-corrected chi connectivity index (χ1v) is 15.2. The Morgan fingerprint density at radius 2 is 1.39 bits per heavy atom. The molecule has 1 atom stereocenters. The van der Waals surface area contributed by atoms with Crippen molar-refractivity contribution in [3.8, 4) is 5.69 Å². The SMILES string of the molecule is CCOC(=O)C1=C(c2ccccc2)N(c2ccccc2)C(=O)C12C1=C(Nc3c2c(C)nn3-c2ccccc2)c2ccccc2C1=O. The highest BCUT2D eigenvalue weighted by Gasteiger charge is 2.66. The van der Waals surface area contributed by atoms with Gasteiger partial charge in [0, 0.05) is 28.0 Å². The number of hydrogen-bond acceptors (Lipinski definition) is 6. The summed E-state index contributed by atoms with van der Waals surface area (Å²) in [5.41, 5.74) is 3.24. The number of ether oxygens (including phenoxy) is 1. The molecule has 1 aliphatic carbocycles. The Bertz CT molecular complexity index is 2150. The van der Waals surface area contributed by atoms with Gasteiger partial charge in [0.15, 0.2) is 5.78 Å². The molecule has 1 unspecified atom stereocenters. The lowest BCUT2D eigenvalue weighted by Gasteiger charge is -2.36. The highest BCUT2D eigenvalue weighted by Crippen LogP contribution is 2.60. The molecule has 1 aromatic heterocycles. The summed E-state index contributed by atoms with van der Waals surface area (Å²) >= 11 is 0. The molecule has 1 spiro atoms. The number of aromatic nitrogens is 2. The van der Waals surface area contributed by atoms with Gasteiger partial charge in [0.25, 0.3) is 5.91 Å². The highest BCUT2D eigenvalue weighted by molar-refractivity contribution is 6.36. The third kappa shape index (κ3) is 3.61. The monoisotopic (exact) mass is 604 g/mol. The van der Waals surface area contributed by atoms with Gasteiger partial charge < -0.3 is 10.1 Å². The molecule has 1 amide bonds. The van der Waals surface area contributed by atoms with Crippen molar-refractivity contribution in [1.29, 1.82) is 0 Å². The van der Waals surface area contributed by atoms with Crippen LogP contribution in [0.25, 0.3) is 17.1 Å². The number of aryl methyl sites for hydroxylation is 1. The molecule has 4 aromatic carbocycles. The lowest BCUT2D eigenvalue weighted by Crippen LogP contribution is -2.48. The number of nitrogens with one attached hydrogen (secondary N) is 1. The van der Waals surface area contributed by atoms with E-state index in [0.29, 0.717) is 50.8 Å². The minimum atomic E-state index is -1.88. The van der Waals surface area contributed by atoms with E-state index in [0.717, 1.165) is 5.69 Å². The number of Topliss-reactive ketones (excluding diaryl/α,β-unsaturated/α-hetero) is 1. The van der Waals surface area contributed by atoms with Crippen molar-refractivity contribution in [2.75, 3.05) is 16.8 Å². The van der Waals surface area contributed by atoms with Gasteiger partial charge in [-0.25, -0.2) is 9.48 Å². The molecule has 224 valence electrons. The van der Waals surface area contributed by atoms with Crippen LogP contribution in [-0.2, 0) is 19.7 Å². The Morgan fingerprint density at radius 3 is 2.04 bits per heavy atom. The average molecular weight is 605 g/mol. The minimum absolute atomic E-state index is 0.0768. The summed E-state index contributed by atoms with van der Waals surface area (Å²) in [7, 11) is 0. The second-order valence-corrected chi connectivity index (χ2v) is 11.3. The number of hydrogen-bond donors (Lipinski definition) is 1. The Morgan fingerprint density at radius 1 is 0.804 bits per heavy atom. The summed E-state index contributed by atoms with van der Waals surface area (Å²) in [4.78, 5) is 46.5. The van der Waals surface area contributed by atoms with Crippen molar-refractivity contribution in [2.24, 2.45) is 0 Å². The zero-order valence-corrected chi connectivity index (χ0v) is 25.2. The van der Waals surface area contributed by atoms with Crippen LogP contribution in [0.2, 0.25) is 0 Å². The second-order valence-electron chi connectivity index (χ2n) is 11.3. The van der Waals surface area contributed by atoms with Crippen LogP contribution in [0.5, 0.6) is 0 Å². The molecule has 2 aliphatic heterocycles. The molecule has 8 heteroatoms. The fourth-order valence-corrected chi connectivity index (χ4v) is 7.14. The van der Waals surface area contributed by atoms with Crippen molar-refractivity contribution in [2.45, 2.75) is 19.3 Å². The topological polar surface area (TPSA) is 93.5 Å². The second kappa shape index (κ2) is 10.3. The normalized spacial score (nSPS) is 18.1. The molecule has 3 aliphatic rings. The Labute approximate surface area is 265 Å². The average Bonchev–Trinajstić information content (AvgIpc) is 3.68. The van der Waals surface area contributed by atoms with Crippen molar-refractivity contribution in [3.63, 3.8) is 0 Å². The van der Waals surface area contributed by atoms with Crippen LogP contribution < -0.4 is 10.2 Å². The molecule has 8 rings (SSSR count). The fourth-order valence-electron chi connectivity index (χ4n) is 7.14. The molecule has 3 heterocycles. The number of carbonyl (C=O) groups is 3. The standard InChI is InChI=1S/C38H28N4O4/c1-3-46-36(44)31-33(24-15-7-4-8-16-24)41(25-17-9-5-10-18-25)37(45)38(31)29-23(2)40-42(26-19-11-6-12-20-26)35(29)39-32-27-21-13-14-22-28(27)34(43)30(32)38/h4-22,39H,3H2,1-2H3. The smallest absolute Gasteiger partial charge is 0.337 e. The Kier molecular flexibility index (Phi) is 6.15. The van der Waals surface area contributed by atoms with Crippen LogP contribution >= 0.6 is 0 Å². The number of benzene rings is 4. The number of fused-ring (bicyclic) bond motifs is 5. The molecule has 8 nitrogen and oxygen atoms in total. The maximum Gasteiger partial charge on any atom is 0.337 e. The number of amides is 1. The zero-order chi connectivity index (χ0) is 31.6. The van der Waals surface area contributed by atoms with Gasteiger partial charge in [-0.2, -0.15) is 5.10 Å². The number of para-hydroxylation sites is 2. The van der Waals surface area contributed by atoms with Crippen LogP contribution in [0.4, 0.5) is 11.5 Å². The largest absolute Gasteiger partial charge is 0.463 e. The maximum atomic E-state index is 15.7. The summed E-state index contributed by atoms with van der Waals surface area (Å²) in [5.74, 6) is -0.950. The van der Waals surface area contributed by atoms with E-state index in [1.54, 1.807) is 28.6 Å². The molecule has 0 bridgehead atoms. The van der Waals surface area contributed by atoms with Crippen LogP contribution in [0.1, 0.15) is 39.7 Å². The summed E-state index contributed by atoms with van der Waals surface area (Å²) < 4.78 is 7.53. The lowest BCUT2D eigenvalue weighted by molar-refractivity contribution is -0.140. The van der Waals surface area contributed by atoms with E-state index >= 15 is 4.79 Å². The van der Waals surface area contributed by atoms with E-state index in [1.807, 2.05) is 110 Å². The molecule has 0 radical (unpaired) electrons. The molecular weight excluding hydrogens is 576 g/mol. The summed E-state index contributed by atoms with van der Waals surface area (Å²) in [6, 6.07) is 35.4. The van der Waals surface area contributed by atoms with Crippen molar-refractivity contribution in [3.05, 3.63) is 154 Å². The first kappa shape index (κ1) is 27.5. The minimum Gasteiger partial charge on any atom is -0.463 e. The van der Waals surface area contributed by atoms with Crippen LogP contribution in [0, 0.1) is 6.92 Å². The quantitative estimate of drug-likeness (QED) is 0.231.